The van der Waals surface area contributed by atoms with Crippen molar-refractivity contribution in [3.05, 3.63) is 97.9 Å². The Morgan fingerprint density at radius 1 is 0.655 bits per heavy atom. The average Bonchev–Trinajstić information content (AvgIpc) is 2.64. The van der Waals surface area contributed by atoms with Crippen molar-refractivity contribution in [2.45, 2.75) is 0 Å². The van der Waals surface area contributed by atoms with Crippen molar-refractivity contribution in [3.63, 3.8) is 0 Å². The van der Waals surface area contributed by atoms with Crippen LogP contribution in [0.15, 0.2) is 33.5 Å². The lowest BCUT2D eigenvalue weighted by Gasteiger charge is -2.24. The lowest BCUT2D eigenvalue weighted by molar-refractivity contribution is 0.557. The molecule has 3 rings (SSSR count). The van der Waals surface area contributed by atoms with Gasteiger partial charge in [0.1, 0.15) is 11.6 Å². The molecule has 29 heavy (non-hydrogen) atoms. The second-order valence-corrected chi connectivity index (χ2v) is 9.51. The molecule has 151 valence electrons. The summed E-state index contributed by atoms with van der Waals surface area (Å²) in [6.07, 6.45) is 1.69. The first-order valence-electron chi connectivity index (χ1n) is 7.39. The van der Waals surface area contributed by atoms with Gasteiger partial charge < -0.3 is 0 Å². The number of aromatic nitrogens is 1. The van der Waals surface area contributed by atoms with Crippen LogP contribution in [0.25, 0.3) is 0 Å². The molecule has 0 atom stereocenters. The van der Waals surface area contributed by atoms with Gasteiger partial charge >= 0.3 is 0 Å². The average molecular weight is 645 g/mol. The molecule has 0 saturated heterocycles. The van der Waals surface area contributed by atoms with Crippen LogP contribution in [0, 0.1) is 17.6 Å². The highest BCUT2D eigenvalue weighted by Crippen LogP contribution is 2.51. The van der Waals surface area contributed by atoms with Gasteiger partial charge in [-0.05, 0) is 44.0 Å². The van der Waals surface area contributed by atoms with Gasteiger partial charge in [0.25, 0.3) is 0 Å². The van der Waals surface area contributed by atoms with Crippen molar-refractivity contribution >= 4 is 101 Å². The van der Waals surface area contributed by atoms with Gasteiger partial charge in [-0.1, -0.05) is 69.6 Å². The topological polar surface area (TPSA) is 12.9 Å². The first kappa shape index (κ1) is 23.8. The van der Waals surface area contributed by atoms with Crippen LogP contribution in [-0.4, -0.2) is 4.98 Å². The summed E-state index contributed by atoms with van der Waals surface area (Å²) in [4.78, 5) is 3.51. The molecule has 1 radical (unpaired) electrons. The fourth-order valence-corrected chi connectivity index (χ4v) is 5.15. The summed E-state index contributed by atoms with van der Waals surface area (Å²) in [5.74, 6) is -2.05. The Kier molecular flexibility index (Phi) is 7.66. The third-order valence-electron chi connectivity index (χ3n) is 3.83. The monoisotopic (exact) mass is 640 g/mol. The van der Waals surface area contributed by atoms with Crippen molar-refractivity contribution in [2.75, 3.05) is 0 Å². The highest BCUT2D eigenvalue weighted by molar-refractivity contribution is 9.11. The van der Waals surface area contributed by atoms with Crippen molar-refractivity contribution < 1.29 is 8.78 Å². The van der Waals surface area contributed by atoms with Crippen LogP contribution >= 0.6 is 101 Å². The van der Waals surface area contributed by atoms with E-state index in [9.17, 15) is 8.78 Å². The smallest absolute Gasteiger partial charge is 0.148 e. The lowest BCUT2D eigenvalue weighted by atomic mass is 9.84. The Morgan fingerprint density at radius 2 is 1.03 bits per heavy atom. The summed E-state index contributed by atoms with van der Waals surface area (Å²) in [7, 11) is 0. The molecule has 11 heteroatoms. The van der Waals surface area contributed by atoms with E-state index >= 15 is 0 Å². The Bertz CT molecular complexity index is 1060. The van der Waals surface area contributed by atoms with Gasteiger partial charge in [0.15, 0.2) is 0 Å². The highest BCUT2D eigenvalue weighted by Gasteiger charge is 2.34. The van der Waals surface area contributed by atoms with Crippen LogP contribution in [0.1, 0.15) is 16.7 Å². The second kappa shape index (κ2) is 9.33. The van der Waals surface area contributed by atoms with E-state index in [0.29, 0.717) is 0 Å². The molecule has 0 aliphatic carbocycles. The van der Waals surface area contributed by atoms with Crippen LogP contribution in [0.5, 0.6) is 0 Å². The zero-order valence-electron chi connectivity index (χ0n) is 13.5. The van der Waals surface area contributed by atoms with Crippen LogP contribution in [-0.2, 0) is 0 Å². The molecular formula is C18H4Br2Cl6F2N. The quantitative estimate of drug-likeness (QED) is 0.204. The number of rotatable bonds is 3. The van der Waals surface area contributed by atoms with Crippen LogP contribution in [0.2, 0.25) is 30.1 Å². The fourth-order valence-electron chi connectivity index (χ4n) is 2.62. The summed E-state index contributed by atoms with van der Waals surface area (Å²) in [6, 6.07) is 2.75. The zero-order chi connectivity index (χ0) is 21.6. The first-order valence-corrected chi connectivity index (χ1v) is 11.2. The maximum atomic E-state index is 14.8. The normalized spacial score (nSPS) is 11.4. The molecular weight excluding hydrogens is 641 g/mol. The Hall–Kier alpha value is 0.150. The summed E-state index contributed by atoms with van der Waals surface area (Å²) < 4.78 is 30.1. The number of halogens is 10. The van der Waals surface area contributed by atoms with Gasteiger partial charge in [0.2, 0.25) is 0 Å². The minimum Gasteiger partial charge on any atom is -0.259 e. The molecule has 0 N–H and O–H groups in total. The van der Waals surface area contributed by atoms with Crippen molar-refractivity contribution in [2.24, 2.45) is 0 Å². The zero-order valence-corrected chi connectivity index (χ0v) is 21.2. The van der Waals surface area contributed by atoms with E-state index in [4.69, 9.17) is 69.6 Å². The molecule has 0 aliphatic heterocycles. The molecule has 1 nitrogen and oxygen atoms in total. The Labute approximate surface area is 211 Å². The van der Waals surface area contributed by atoms with Gasteiger partial charge in [-0.15, -0.1) is 0 Å². The summed E-state index contributed by atoms with van der Waals surface area (Å²) in [5, 5.41) is 0.457. The molecule has 1 heterocycles. The number of hydrogen-bond acceptors (Lipinski definition) is 1. The second-order valence-electron chi connectivity index (χ2n) is 5.54. The predicted octanol–water partition coefficient (Wildman–Crippen LogP) is 9.82. The molecule has 2 aromatic carbocycles. The minimum atomic E-state index is -0.976. The lowest BCUT2D eigenvalue weighted by Crippen LogP contribution is -2.13. The Morgan fingerprint density at radius 3 is 1.41 bits per heavy atom. The van der Waals surface area contributed by atoms with Gasteiger partial charge in [-0.3, -0.25) is 4.98 Å². The van der Waals surface area contributed by atoms with Crippen molar-refractivity contribution in [1.29, 1.82) is 0 Å². The van der Waals surface area contributed by atoms with E-state index in [2.05, 4.69) is 36.8 Å². The SMILES string of the molecule is Fc1cncc(F)c1[C](c1c(Cl)cc(Cl)c(Br)c1Cl)c1c(Cl)cc(Cl)c(Br)c1Cl. The van der Waals surface area contributed by atoms with E-state index in [1.807, 2.05) is 0 Å². The molecule has 0 spiro atoms. The van der Waals surface area contributed by atoms with E-state index < -0.39 is 17.2 Å². The fraction of sp³-hybridized carbons (Fsp3) is 0. The minimum absolute atomic E-state index is 0.00585. The maximum absolute atomic E-state index is 14.8. The van der Waals surface area contributed by atoms with E-state index in [-0.39, 0.29) is 56.1 Å². The van der Waals surface area contributed by atoms with Crippen LogP contribution in [0.3, 0.4) is 0 Å². The number of hydrogen-bond donors (Lipinski definition) is 0. The molecule has 0 unspecified atom stereocenters. The molecule has 0 amide bonds. The molecule has 0 saturated carbocycles. The van der Waals surface area contributed by atoms with Crippen molar-refractivity contribution in [1.82, 2.24) is 4.98 Å². The third-order valence-corrected chi connectivity index (χ3v) is 8.34. The summed E-state index contributed by atoms with van der Waals surface area (Å²) >= 11 is 44.4. The third kappa shape index (κ3) is 4.40. The number of nitrogens with zero attached hydrogens (tertiary/aromatic N) is 1. The van der Waals surface area contributed by atoms with E-state index in [1.165, 1.54) is 12.1 Å². The Balaban J connectivity index is 2.51. The van der Waals surface area contributed by atoms with Gasteiger partial charge in [0.05, 0.1) is 47.3 Å². The van der Waals surface area contributed by atoms with Gasteiger partial charge in [-0.2, -0.15) is 0 Å². The van der Waals surface area contributed by atoms with Crippen molar-refractivity contribution in [3.8, 4) is 0 Å². The summed E-state index contributed by atoms with van der Waals surface area (Å²) in [5.41, 5.74) is -0.352. The molecule has 0 fully saturated rings. The van der Waals surface area contributed by atoms with E-state index in [0.717, 1.165) is 12.4 Å². The maximum Gasteiger partial charge on any atom is 0.148 e. The van der Waals surface area contributed by atoms with Crippen LogP contribution < -0.4 is 0 Å². The molecule has 3 aromatic rings. The number of pyridine rings is 1. The molecule has 1 aromatic heterocycles. The van der Waals surface area contributed by atoms with E-state index in [1.54, 1.807) is 0 Å². The first-order chi connectivity index (χ1) is 13.6. The predicted molar refractivity (Wildman–Crippen MR) is 123 cm³/mol. The summed E-state index contributed by atoms with van der Waals surface area (Å²) in [6.45, 7) is 0. The standard InChI is InChI=1S/C18H4Br2Cl6F2N/c19-15-7(23)1-5(21)11(17(15)25)14(13-9(27)3-29-4-10(13)28)12-6(22)2-8(24)16(20)18(12)26/h1-4H. The van der Waals surface area contributed by atoms with Gasteiger partial charge in [-0.25, -0.2) is 8.78 Å². The highest BCUT2D eigenvalue weighted by atomic mass is 79.9. The van der Waals surface area contributed by atoms with Crippen LogP contribution in [0.4, 0.5) is 8.78 Å². The number of benzene rings is 2. The largest absolute Gasteiger partial charge is 0.259 e. The molecule has 0 bridgehead atoms. The molecule has 0 aliphatic rings. The van der Waals surface area contributed by atoms with Gasteiger partial charge in [0, 0.05) is 26.7 Å².